The molecule has 1 heterocycles. The third-order valence-electron chi connectivity index (χ3n) is 3.48. The molecular formula is C13H12BNO3. The molecule has 1 saturated carbocycles. The molecule has 0 bridgehead atoms. The topological polar surface area (TPSA) is 46.6 Å². The average Bonchev–Trinajstić information content (AvgIpc) is 3.11. The van der Waals surface area contributed by atoms with Crippen LogP contribution in [0.5, 0.6) is 0 Å². The van der Waals surface area contributed by atoms with Gasteiger partial charge >= 0.3 is 6.09 Å². The molecule has 2 fully saturated rings. The summed E-state index contributed by atoms with van der Waals surface area (Å²) in [5.74, 6) is -0.774. The number of cyclic esters (lactones) is 1. The first-order valence-electron chi connectivity index (χ1n) is 5.99. The summed E-state index contributed by atoms with van der Waals surface area (Å²) in [4.78, 5) is 24.6. The van der Waals surface area contributed by atoms with E-state index in [4.69, 9.17) is 12.6 Å². The number of ether oxygens (including phenoxy) is 1. The van der Waals surface area contributed by atoms with Crippen LogP contribution in [0.4, 0.5) is 4.79 Å². The third-order valence-corrected chi connectivity index (χ3v) is 3.48. The Morgan fingerprint density at radius 1 is 1.33 bits per heavy atom. The number of imide groups is 1. The van der Waals surface area contributed by atoms with Crippen LogP contribution in [0, 0.1) is 5.92 Å². The molecule has 18 heavy (non-hydrogen) atoms. The van der Waals surface area contributed by atoms with Crippen molar-refractivity contribution in [1.82, 2.24) is 4.90 Å². The standard InChI is InChI=1S/C13H12BNO3/c14-11-7-18-13(17)15(11)12(16)10-6-9(10)8-4-2-1-3-5-8/h1-5,9-11H,6-7H2/t9-,10+,11+/m0/s1. The van der Waals surface area contributed by atoms with Gasteiger partial charge in [-0.25, -0.2) is 9.69 Å². The predicted octanol–water partition coefficient (Wildman–Crippen LogP) is 1.26. The number of carbonyl (C=O) groups excluding carboxylic acids is 2. The number of nitrogens with zero attached hydrogens (tertiary/aromatic N) is 1. The number of amides is 2. The van der Waals surface area contributed by atoms with E-state index in [-0.39, 0.29) is 24.3 Å². The van der Waals surface area contributed by atoms with E-state index < -0.39 is 12.0 Å². The highest BCUT2D eigenvalue weighted by Gasteiger charge is 2.49. The second-order valence-corrected chi connectivity index (χ2v) is 4.71. The van der Waals surface area contributed by atoms with Crippen LogP contribution >= 0.6 is 0 Å². The Hall–Kier alpha value is -1.78. The van der Waals surface area contributed by atoms with Crippen LogP contribution in [-0.2, 0) is 9.53 Å². The predicted molar refractivity (Wildman–Crippen MR) is 65.0 cm³/mol. The van der Waals surface area contributed by atoms with Gasteiger partial charge in [-0.3, -0.25) is 4.79 Å². The molecule has 1 aliphatic carbocycles. The summed E-state index contributed by atoms with van der Waals surface area (Å²) in [6.45, 7) is 0.0906. The van der Waals surface area contributed by atoms with Crippen LogP contribution < -0.4 is 0 Å². The van der Waals surface area contributed by atoms with E-state index >= 15 is 0 Å². The minimum Gasteiger partial charge on any atom is -0.448 e. The SMILES string of the molecule is [B][C@H]1COC(=O)N1C(=O)[C@@H]1C[C@H]1c1ccccc1. The molecule has 0 N–H and O–H groups in total. The van der Waals surface area contributed by atoms with Crippen molar-refractivity contribution >= 4 is 19.8 Å². The van der Waals surface area contributed by atoms with Crippen LogP contribution in [0.25, 0.3) is 0 Å². The number of carbonyl (C=O) groups is 2. The van der Waals surface area contributed by atoms with Gasteiger partial charge in [0.1, 0.15) is 14.5 Å². The monoisotopic (exact) mass is 241 g/mol. The Balaban J connectivity index is 1.71. The normalized spacial score (nSPS) is 30.1. The summed E-state index contributed by atoms with van der Waals surface area (Å²) >= 11 is 0. The summed E-state index contributed by atoms with van der Waals surface area (Å²) < 4.78 is 4.76. The lowest BCUT2D eigenvalue weighted by Crippen LogP contribution is -2.40. The van der Waals surface area contributed by atoms with Gasteiger partial charge in [-0.1, -0.05) is 30.3 Å². The Morgan fingerprint density at radius 3 is 2.67 bits per heavy atom. The molecule has 3 atom stereocenters. The van der Waals surface area contributed by atoms with Gasteiger partial charge in [0.2, 0.25) is 5.91 Å². The molecule has 5 heteroatoms. The fourth-order valence-corrected chi connectivity index (χ4v) is 2.40. The van der Waals surface area contributed by atoms with E-state index in [1.165, 1.54) is 0 Å². The fraction of sp³-hybridized carbons (Fsp3) is 0.385. The van der Waals surface area contributed by atoms with Crippen LogP contribution in [0.1, 0.15) is 17.9 Å². The van der Waals surface area contributed by atoms with Gasteiger partial charge in [-0.15, -0.1) is 0 Å². The molecule has 1 aromatic rings. The fourth-order valence-electron chi connectivity index (χ4n) is 2.40. The Kier molecular flexibility index (Phi) is 2.61. The van der Waals surface area contributed by atoms with Crippen molar-refractivity contribution in [1.29, 1.82) is 0 Å². The number of hydrogen-bond donors (Lipinski definition) is 0. The number of rotatable bonds is 2. The zero-order valence-corrected chi connectivity index (χ0v) is 9.78. The summed E-state index contributed by atoms with van der Waals surface area (Å²) in [6.07, 6.45) is 0.158. The lowest BCUT2D eigenvalue weighted by molar-refractivity contribution is -0.129. The van der Waals surface area contributed by atoms with Crippen molar-refractivity contribution < 1.29 is 14.3 Å². The average molecular weight is 241 g/mol. The van der Waals surface area contributed by atoms with Gasteiger partial charge in [0.25, 0.3) is 0 Å². The maximum absolute atomic E-state index is 12.2. The maximum Gasteiger partial charge on any atom is 0.416 e. The Morgan fingerprint density at radius 2 is 2.06 bits per heavy atom. The largest absolute Gasteiger partial charge is 0.448 e. The van der Waals surface area contributed by atoms with E-state index in [0.717, 1.165) is 16.9 Å². The van der Waals surface area contributed by atoms with Crippen LogP contribution in [0.15, 0.2) is 30.3 Å². The highest BCUT2D eigenvalue weighted by molar-refractivity contribution is 6.16. The van der Waals surface area contributed by atoms with E-state index in [0.29, 0.717) is 0 Å². The lowest BCUT2D eigenvalue weighted by atomic mass is 9.96. The van der Waals surface area contributed by atoms with Gasteiger partial charge in [0.05, 0.1) is 0 Å². The zero-order chi connectivity index (χ0) is 12.7. The summed E-state index contributed by atoms with van der Waals surface area (Å²) in [6, 6.07) is 9.84. The minimum atomic E-state index is -0.637. The van der Waals surface area contributed by atoms with Crippen molar-refractivity contribution in [2.45, 2.75) is 18.3 Å². The molecule has 0 aromatic heterocycles. The van der Waals surface area contributed by atoms with Crippen LogP contribution in [-0.4, -0.2) is 37.3 Å². The molecule has 2 amide bonds. The molecule has 1 saturated heterocycles. The second-order valence-electron chi connectivity index (χ2n) is 4.71. The summed E-state index contributed by atoms with van der Waals surface area (Å²) in [5.41, 5.74) is 1.14. The van der Waals surface area contributed by atoms with E-state index in [2.05, 4.69) is 0 Å². The molecule has 2 radical (unpaired) electrons. The molecule has 2 aliphatic rings. The highest BCUT2D eigenvalue weighted by Crippen LogP contribution is 2.48. The minimum absolute atomic E-state index is 0.0906. The highest BCUT2D eigenvalue weighted by atomic mass is 16.6. The third kappa shape index (κ3) is 1.80. The molecule has 4 nitrogen and oxygen atoms in total. The molecule has 0 unspecified atom stereocenters. The van der Waals surface area contributed by atoms with Gasteiger partial charge in [0, 0.05) is 11.9 Å². The maximum atomic E-state index is 12.2. The van der Waals surface area contributed by atoms with E-state index in [9.17, 15) is 9.59 Å². The molecular weight excluding hydrogens is 229 g/mol. The van der Waals surface area contributed by atoms with Crippen molar-refractivity contribution in [2.24, 2.45) is 5.92 Å². The summed E-state index contributed by atoms with van der Waals surface area (Å²) in [7, 11) is 5.68. The Labute approximate surface area is 106 Å². The second kappa shape index (κ2) is 4.16. The van der Waals surface area contributed by atoms with E-state index in [1.807, 2.05) is 30.3 Å². The first-order chi connectivity index (χ1) is 8.68. The van der Waals surface area contributed by atoms with Crippen molar-refractivity contribution in [3.63, 3.8) is 0 Å². The van der Waals surface area contributed by atoms with Crippen molar-refractivity contribution in [2.75, 3.05) is 6.61 Å². The van der Waals surface area contributed by atoms with Gasteiger partial charge < -0.3 is 4.74 Å². The van der Waals surface area contributed by atoms with Gasteiger partial charge in [0.15, 0.2) is 0 Å². The number of benzene rings is 1. The van der Waals surface area contributed by atoms with Crippen molar-refractivity contribution in [3.05, 3.63) is 35.9 Å². The van der Waals surface area contributed by atoms with Gasteiger partial charge in [-0.05, 0) is 17.9 Å². The van der Waals surface area contributed by atoms with Crippen LogP contribution in [0.2, 0.25) is 0 Å². The number of hydrogen-bond acceptors (Lipinski definition) is 3. The molecule has 1 aliphatic heterocycles. The Bertz CT molecular complexity index is 490. The smallest absolute Gasteiger partial charge is 0.416 e. The first-order valence-corrected chi connectivity index (χ1v) is 5.99. The summed E-state index contributed by atoms with van der Waals surface area (Å²) in [5, 5.41) is 0. The quantitative estimate of drug-likeness (QED) is 0.732. The molecule has 0 spiro atoms. The van der Waals surface area contributed by atoms with Crippen LogP contribution in [0.3, 0.4) is 0 Å². The molecule has 1 aromatic carbocycles. The zero-order valence-electron chi connectivity index (χ0n) is 9.78. The molecule has 90 valence electrons. The molecule has 3 rings (SSSR count). The van der Waals surface area contributed by atoms with E-state index in [1.54, 1.807) is 0 Å². The first kappa shape index (κ1) is 11.3. The lowest BCUT2D eigenvalue weighted by Gasteiger charge is -2.16. The van der Waals surface area contributed by atoms with Crippen molar-refractivity contribution in [3.8, 4) is 0 Å². The van der Waals surface area contributed by atoms with Gasteiger partial charge in [-0.2, -0.15) is 0 Å².